The summed E-state index contributed by atoms with van der Waals surface area (Å²) in [4.78, 5) is 68.7. The van der Waals surface area contributed by atoms with Crippen molar-refractivity contribution in [3.8, 4) is 0 Å². The molecule has 0 saturated carbocycles. The minimum absolute atomic E-state index is 0.170. The fourth-order valence-corrected chi connectivity index (χ4v) is 5.79. The van der Waals surface area contributed by atoms with E-state index in [2.05, 4.69) is 0 Å². The first-order chi connectivity index (χ1) is 18.3. The normalized spacial score (nSPS) is 23.2. The first-order valence-corrected chi connectivity index (χ1v) is 12.4. The first kappa shape index (κ1) is 23.9. The van der Waals surface area contributed by atoms with Gasteiger partial charge in [0.05, 0.1) is 35.8 Å². The maximum absolute atomic E-state index is 13.9. The van der Waals surface area contributed by atoms with Crippen LogP contribution in [0.4, 0.5) is 5.69 Å². The Hall–Kier alpha value is -4.43. The van der Waals surface area contributed by atoms with Crippen LogP contribution in [0.25, 0.3) is 0 Å². The molecule has 2 amide bonds. The van der Waals surface area contributed by atoms with E-state index in [0.29, 0.717) is 16.8 Å². The standard InChI is InChI=1S/C30H23NO7/c1-3-37-29(36)18-12-10-17(11-13-18)24-22-23(28(35)31(27(22)34)19-14-8-16(2)9-15-19)30(38-24)25(32)20-6-4-5-7-21(20)26(30)33/h4-15,22-24H,3H2,1-2H3/t22-,23-,24+/m0/s1. The van der Waals surface area contributed by atoms with Crippen LogP contribution < -0.4 is 4.90 Å². The van der Waals surface area contributed by atoms with E-state index in [-0.39, 0.29) is 17.7 Å². The number of nitrogens with zero attached hydrogens (tertiary/aromatic N) is 1. The summed E-state index contributed by atoms with van der Waals surface area (Å²) < 4.78 is 11.3. The Morgan fingerprint density at radius 2 is 1.47 bits per heavy atom. The summed E-state index contributed by atoms with van der Waals surface area (Å²) in [6.07, 6.45) is -1.06. The third-order valence-electron chi connectivity index (χ3n) is 7.56. The maximum Gasteiger partial charge on any atom is 0.338 e. The molecule has 0 unspecified atom stereocenters. The number of hydrogen-bond acceptors (Lipinski definition) is 7. The Morgan fingerprint density at radius 3 is 2.05 bits per heavy atom. The highest BCUT2D eigenvalue weighted by Crippen LogP contribution is 2.57. The number of ether oxygens (including phenoxy) is 2. The number of ketones is 2. The predicted molar refractivity (Wildman–Crippen MR) is 135 cm³/mol. The average molecular weight is 510 g/mol. The van der Waals surface area contributed by atoms with Crippen molar-refractivity contribution in [3.63, 3.8) is 0 Å². The smallest absolute Gasteiger partial charge is 0.338 e. The number of anilines is 1. The number of esters is 1. The van der Waals surface area contributed by atoms with Gasteiger partial charge in [-0.15, -0.1) is 0 Å². The second-order valence-electron chi connectivity index (χ2n) is 9.67. The van der Waals surface area contributed by atoms with Gasteiger partial charge in [-0.3, -0.25) is 19.2 Å². The molecule has 3 atom stereocenters. The van der Waals surface area contributed by atoms with E-state index >= 15 is 0 Å². The molecule has 3 aromatic carbocycles. The van der Waals surface area contributed by atoms with E-state index < -0.39 is 52.9 Å². The van der Waals surface area contributed by atoms with Crippen molar-refractivity contribution >= 4 is 35.0 Å². The third kappa shape index (κ3) is 3.16. The van der Waals surface area contributed by atoms with Crippen molar-refractivity contribution in [2.24, 2.45) is 11.8 Å². The van der Waals surface area contributed by atoms with E-state index in [0.717, 1.165) is 10.5 Å². The van der Waals surface area contributed by atoms with Crippen LogP contribution in [-0.4, -0.2) is 41.6 Å². The highest BCUT2D eigenvalue weighted by atomic mass is 16.5. The van der Waals surface area contributed by atoms with Crippen molar-refractivity contribution in [2.75, 3.05) is 11.5 Å². The summed E-state index contributed by atoms with van der Waals surface area (Å²) >= 11 is 0. The van der Waals surface area contributed by atoms with Gasteiger partial charge < -0.3 is 9.47 Å². The lowest BCUT2D eigenvalue weighted by Gasteiger charge is -2.27. The molecule has 2 aliphatic heterocycles. The second kappa shape index (κ2) is 8.56. The molecule has 2 fully saturated rings. The predicted octanol–water partition coefficient (Wildman–Crippen LogP) is 3.87. The molecule has 0 aromatic heterocycles. The lowest BCUT2D eigenvalue weighted by Crippen LogP contribution is -2.51. The highest BCUT2D eigenvalue weighted by Gasteiger charge is 2.74. The van der Waals surface area contributed by atoms with Gasteiger partial charge in [-0.25, -0.2) is 9.69 Å². The van der Waals surface area contributed by atoms with Crippen molar-refractivity contribution in [3.05, 3.63) is 101 Å². The number of imide groups is 1. The van der Waals surface area contributed by atoms with Crippen LogP contribution >= 0.6 is 0 Å². The molecule has 2 heterocycles. The zero-order valence-electron chi connectivity index (χ0n) is 20.7. The molecule has 0 radical (unpaired) electrons. The molecule has 0 N–H and O–H groups in total. The van der Waals surface area contributed by atoms with Gasteiger partial charge in [-0.1, -0.05) is 54.1 Å². The van der Waals surface area contributed by atoms with Crippen LogP contribution in [0.15, 0.2) is 72.8 Å². The number of rotatable bonds is 4. The number of Topliss-reactive ketones (excluding diaryl/α,β-unsaturated/α-hetero) is 2. The molecule has 1 aliphatic carbocycles. The number of fused-ring (bicyclic) bond motifs is 3. The summed E-state index contributed by atoms with van der Waals surface area (Å²) in [7, 11) is 0. The maximum atomic E-state index is 13.9. The fraction of sp³-hybridized carbons (Fsp3) is 0.233. The quantitative estimate of drug-likeness (QED) is 0.299. The Kier molecular flexibility index (Phi) is 5.39. The molecule has 0 bridgehead atoms. The lowest BCUT2D eigenvalue weighted by molar-refractivity contribution is -0.127. The van der Waals surface area contributed by atoms with Gasteiger partial charge in [0.15, 0.2) is 0 Å². The van der Waals surface area contributed by atoms with Gasteiger partial charge in [0, 0.05) is 11.1 Å². The molecule has 38 heavy (non-hydrogen) atoms. The molecule has 8 nitrogen and oxygen atoms in total. The van der Waals surface area contributed by atoms with Gasteiger partial charge in [0.1, 0.15) is 0 Å². The summed E-state index contributed by atoms with van der Waals surface area (Å²) in [5.41, 5.74) is 0.271. The van der Waals surface area contributed by atoms with Gasteiger partial charge in [0.2, 0.25) is 29.0 Å². The van der Waals surface area contributed by atoms with Crippen LogP contribution in [0.5, 0.6) is 0 Å². The molecule has 8 heteroatoms. The van der Waals surface area contributed by atoms with Gasteiger partial charge in [0.25, 0.3) is 0 Å². The van der Waals surface area contributed by atoms with Gasteiger partial charge in [-0.2, -0.15) is 0 Å². The molecule has 190 valence electrons. The lowest BCUT2D eigenvalue weighted by atomic mass is 9.77. The van der Waals surface area contributed by atoms with Crippen LogP contribution in [0.2, 0.25) is 0 Å². The Balaban J connectivity index is 1.48. The first-order valence-electron chi connectivity index (χ1n) is 12.4. The van der Waals surface area contributed by atoms with Crippen LogP contribution in [0, 0.1) is 18.8 Å². The molecule has 6 rings (SSSR count). The number of benzene rings is 3. The third-order valence-corrected chi connectivity index (χ3v) is 7.56. The topological polar surface area (TPSA) is 107 Å². The largest absolute Gasteiger partial charge is 0.462 e. The molecular weight excluding hydrogens is 486 g/mol. The average Bonchev–Trinajstić information content (AvgIpc) is 3.49. The Morgan fingerprint density at radius 1 is 0.868 bits per heavy atom. The minimum Gasteiger partial charge on any atom is -0.462 e. The SMILES string of the molecule is CCOC(=O)c1ccc([C@H]2OC3(C(=O)c4ccccc4C3=O)[C@@H]3C(=O)N(c4ccc(C)cc4)C(=O)[C@H]23)cc1. The van der Waals surface area contributed by atoms with Gasteiger partial charge >= 0.3 is 5.97 Å². The van der Waals surface area contributed by atoms with Gasteiger partial charge in [-0.05, 0) is 43.7 Å². The number of aryl methyl sites for hydroxylation is 1. The summed E-state index contributed by atoms with van der Waals surface area (Å²) in [6.45, 7) is 3.81. The van der Waals surface area contributed by atoms with Crippen molar-refractivity contribution in [2.45, 2.75) is 25.6 Å². The molecule has 3 aliphatic rings. The molecular formula is C30H23NO7. The van der Waals surface area contributed by atoms with Crippen LogP contribution in [0.1, 0.15) is 55.2 Å². The Labute approximate surface area is 218 Å². The monoisotopic (exact) mass is 509 g/mol. The molecule has 3 aromatic rings. The van der Waals surface area contributed by atoms with Crippen LogP contribution in [-0.2, 0) is 19.1 Å². The summed E-state index contributed by atoms with van der Waals surface area (Å²) in [6, 6.07) is 19.5. The number of amides is 2. The minimum atomic E-state index is -2.15. The number of carbonyl (C=O) groups excluding carboxylic acids is 5. The van der Waals surface area contributed by atoms with E-state index in [9.17, 15) is 24.0 Å². The van der Waals surface area contributed by atoms with E-state index in [1.165, 1.54) is 24.3 Å². The molecule has 1 spiro atoms. The number of hydrogen-bond donors (Lipinski definition) is 0. The number of carbonyl (C=O) groups is 5. The summed E-state index contributed by atoms with van der Waals surface area (Å²) in [5.74, 6) is -5.38. The zero-order valence-corrected chi connectivity index (χ0v) is 20.7. The van der Waals surface area contributed by atoms with Crippen LogP contribution in [0.3, 0.4) is 0 Å². The fourth-order valence-electron chi connectivity index (χ4n) is 5.79. The highest BCUT2D eigenvalue weighted by molar-refractivity contribution is 6.37. The van der Waals surface area contributed by atoms with Crippen molar-refractivity contribution in [1.82, 2.24) is 0 Å². The van der Waals surface area contributed by atoms with E-state index in [1.54, 1.807) is 55.5 Å². The van der Waals surface area contributed by atoms with E-state index in [1.807, 2.05) is 6.92 Å². The zero-order chi connectivity index (χ0) is 26.8. The second-order valence-corrected chi connectivity index (χ2v) is 9.67. The van der Waals surface area contributed by atoms with Crippen molar-refractivity contribution < 1.29 is 33.4 Å². The van der Waals surface area contributed by atoms with E-state index in [4.69, 9.17) is 9.47 Å². The Bertz CT molecular complexity index is 1490. The van der Waals surface area contributed by atoms with Crippen molar-refractivity contribution in [1.29, 1.82) is 0 Å². The summed E-state index contributed by atoms with van der Waals surface area (Å²) in [5, 5.41) is 0. The molecule has 2 saturated heterocycles.